The molecule has 0 saturated heterocycles. The normalized spacial score (nSPS) is 10.7. The van der Waals surface area contributed by atoms with Crippen molar-refractivity contribution in [1.82, 2.24) is 5.32 Å². The van der Waals surface area contributed by atoms with E-state index in [9.17, 15) is 0 Å². The first-order valence-electron chi connectivity index (χ1n) is 7.07. The van der Waals surface area contributed by atoms with Crippen LogP contribution in [0.15, 0.2) is 18.2 Å². The Morgan fingerprint density at radius 1 is 1.21 bits per heavy atom. The number of aliphatic hydroxyl groups excluding tert-OH is 1. The highest BCUT2D eigenvalue weighted by atomic mass is 35.5. The molecule has 0 aliphatic heterocycles. The lowest BCUT2D eigenvalue weighted by Crippen LogP contribution is -2.27. The zero-order valence-electron chi connectivity index (χ0n) is 12.0. The van der Waals surface area contributed by atoms with E-state index < -0.39 is 0 Å². The number of rotatable bonds is 9. The van der Waals surface area contributed by atoms with Gasteiger partial charge in [0, 0.05) is 30.3 Å². The van der Waals surface area contributed by atoms with Crippen LogP contribution in [0.2, 0.25) is 5.02 Å². The number of halogens is 1. The Morgan fingerprint density at radius 2 is 2.00 bits per heavy atom. The minimum atomic E-state index is 0.164. The average Bonchev–Trinajstić information content (AvgIpc) is 2.40. The van der Waals surface area contributed by atoms with Crippen LogP contribution in [0.1, 0.15) is 32.3 Å². The van der Waals surface area contributed by atoms with Crippen LogP contribution in [0.5, 0.6) is 0 Å². The summed E-state index contributed by atoms with van der Waals surface area (Å²) in [4.78, 5) is 2.16. The summed E-state index contributed by atoms with van der Waals surface area (Å²) in [6.45, 7) is 7.84. The molecule has 0 heterocycles. The Balaban J connectivity index is 2.73. The van der Waals surface area contributed by atoms with Crippen molar-refractivity contribution in [2.45, 2.75) is 33.2 Å². The van der Waals surface area contributed by atoms with Crippen molar-refractivity contribution in [3.63, 3.8) is 0 Å². The van der Waals surface area contributed by atoms with Crippen LogP contribution >= 0.6 is 11.6 Å². The fourth-order valence-electron chi connectivity index (χ4n) is 2.04. The van der Waals surface area contributed by atoms with E-state index in [0.29, 0.717) is 6.54 Å². The van der Waals surface area contributed by atoms with Crippen molar-refractivity contribution in [2.24, 2.45) is 0 Å². The van der Waals surface area contributed by atoms with E-state index in [4.69, 9.17) is 16.7 Å². The van der Waals surface area contributed by atoms with Crippen molar-refractivity contribution >= 4 is 17.3 Å². The smallest absolute Gasteiger partial charge is 0.0606 e. The lowest BCUT2D eigenvalue weighted by atomic mass is 10.2. The second-order valence-electron chi connectivity index (χ2n) is 4.66. The van der Waals surface area contributed by atoms with Gasteiger partial charge in [0.2, 0.25) is 0 Å². The molecule has 1 rings (SSSR count). The van der Waals surface area contributed by atoms with Gasteiger partial charge in [0.15, 0.2) is 0 Å². The van der Waals surface area contributed by atoms with Gasteiger partial charge in [-0.15, -0.1) is 0 Å². The van der Waals surface area contributed by atoms with Crippen LogP contribution in [0.25, 0.3) is 0 Å². The van der Waals surface area contributed by atoms with Crippen molar-refractivity contribution in [2.75, 3.05) is 31.1 Å². The van der Waals surface area contributed by atoms with Crippen LogP contribution in [0.4, 0.5) is 5.69 Å². The summed E-state index contributed by atoms with van der Waals surface area (Å²) in [5.41, 5.74) is 2.21. The molecule has 108 valence electrons. The number of hydrogen-bond acceptors (Lipinski definition) is 3. The van der Waals surface area contributed by atoms with Gasteiger partial charge in [0.1, 0.15) is 0 Å². The van der Waals surface area contributed by atoms with Crippen molar-refractivity contribution in [3.8, 4) is 0 Å². The lowest BCUT2D eigenvalue weighted by Gasteiger charge is -2.24. The molecule has 2 N–H and O–H groups in total. The molecule has 0 amide bonds. The van der Waals surface area contributed by atoms with Gasteiger partial charge in [0.25, 0.3) is 0 Å². The summed E-state index contributed by atoms with van der Waals surface area (Å²) in [5, 5.41) is 13.3. The van der Waals surface area contributed by atoms with Crippen molar-refractivity contribution in [3.05, 3.63) is 28.8 Å². The average molecular weight is 285 g/mol. The Morgan fingerprint density at radius 3 is 2.58 bits per heavy atom. The third kappa shape index (κ3) is 5.39. The molecule has 1 aromatic carbocycles. The highest BCUT2D eigenvalue weighted by molar-refractivity contribution is 6.31. The molecular weight excluding hydrogens is 260 g/mol. The van der Waals surface area contributed by atoms with Gasteiger partial charge in [0.05, 0.1) is 6.61 Å². The Kier molecular flexibility index (Phi) is 7.87. The minimum absolute atomic E-state index is 0.164. The molecule has 0 bridgehead atoms. The quantitative estimate of drug-likeness (QED) is 0.684. The molecule has 0 atom stereocenters. The van der Waals surface area contributed by atoms with E-state index >= 15 is 0 Å². The molecule has 1 aromatic rings. The summed E-state index contributed by atoms with van der Waals surface area (Å²) in [6.07, 6.45) is 2.17. The zero-order valence-corrected chi connectivity index (χ0v) is 12.7. The lowest BCUT2D eigenvalue weighted by molar-refractivity contribution is 0.302. The fourth-order valence-corrected chi connectivity index (χ4v) is 2.28. The van der Waals surface area contributed by atoms with Gasteiger partial charge in [-0.05, 0) is 37.1 Å². The van der Waals surface area contributed by atoms with E-state index in [1.165, 1.54) is 0 Å². The number of benzene rings is 1. The first-order valence-corrected chi connectivity index (χ1v) is 7.45. The first-order chi connectivity index (χ1) is 9.22. The van der Waals surface area contributed by atoms with Crippen LogP contribution in [0, 0.1) is 0 Å². The second-order valence-corrected chi connectivity index (χ2v) is 5.07. The predicted octanol–water partition coefficient (Wildman–Crippen LogP) is 3.05. The molecule has 3 nitrogen and oxygen atoms in total. The third-order valence-corrected chi connectivity index (χ3v) is 3.36. The molecule has 0 fully saturated rings. The van der Waals surface area contributed by atoms with E-state index in [1.54, 1.807) is 0 Å². The molecule has 0 aliphatic rings. The van der Waals surface area contributed by atoms with E-state index in [-0.39, 0.29) is 6.61 Å². The summed E-state index contributed by atoms with van der Waals surface area (Å²) in [6, 6.07) is 6.15. The maximum Gasteiger partial charge on any atom is 0.0606 e. The van der Waals surface area contributed by atoms with Gasteiger partial charge >= 0.3 is 0 Å². The number of nitrogens with zero attached hydrogens (tertiary/aromatic N) is 1. The van der Waals surface area contributed by atoms with Crippen LogP contribution in [-0.4, -0.2) is 31.3 Å². The number of nitrogens with one attached hydrogen (secondary N) is 1. The van der Waals surface area contributed by atoms with Crippen LogP contribution in [0.3, 0.4) is 0 Å². The largest absolute Gasteiger partial charge is 0.395 e. The van der Waals surface area contributed by atoms with Crippen LogP contribution < -0.4 is 10.2 Å². The summed E-state index contributed by atoms with van der Waals surface area (Å²) in [7, 11) is 0. The highest BCUT2D eigenvalue weighted by Gasteiger charge is 2.07. The van der Waals surface area contributed by atoms with E-state index in [0.717, 1.165) is 48.7 Å². The zero-order chi connectivity index (χ0) is 14.1. The summed E-state index contributed by atoms with van der Waals surface area (Å²) >= 11 is 6.32. The van der Waals surface area contributed by atoms with E-state index in [1.807, 2.05) is 6.07 Å². The van der Waals surface area contributed by atoms with Gasteiger partial charge in [-0.1, -0.05) is 31.5 Å². The van der Waals surface area contributed by atoms with Gasteiger partial charge in [-0.3, -0.25) is 0 Å². The van der Waals surface area contributed by atoms with Gasteiger partial charge in [-0.2, -0.15) is 0 Å². The van der Waals surface area contributed by atoms with Crippen molar-refractivity contribution in [1.29, 1.82) is 0 Å². The SMILES string of the molecule is CCCNCc1ccc(N(CCC)CCO)cc1Cl. The molecule has 0 radical (unpaired) electrons. The molecule has 0 spiro atoms. The summed E-state index contributed by atoms with van der Waals surface area (Å²) < 4.78 is 0. The fraction of sp³-hybridized carbons (Fsp3) is 0.600. The number of hydrogen-bond donors (Lipinski definition) is 2. The molecule has 4 heteroatoms. The topological polar surface area (TPSA) is 35.5 Å². The van der Waals surface area contributed by atoms with Gasteiger partial charge < -0.3 is 15.3 Å². The van der Waals surface area contributed by atoms with Crippen LogP contribution in [-0.2, 0) is 6.54 Å². The predicted molar refractivity (Wildman–Crippen MR) is 83.0 cm³/mol. The Hall–Kier alpha value is -0.770. The molecule has 0 aliphatic carbocycles. The maximum atomic E-state index is 9.11. The Bertz CT molecular complexity index is 365. The molecule has 19 heavy (non-hydrogen) atoms. The molecule has 0 saturated carbocycles. The second kappa shape index (κ2) is 9.18. The Labute approximate surface area is 121 Å². The number of aliphatic hydroxyl groups is 1. The van der Waals surface area contributed by atoms with Crippen molar-refractivity contribution < 1.29 is 5.11 Å². The third-order valence-electron chi connectivity index (χ3n) is 3.01. The standard InChI is InChI=1S/C15H25ClN2O/c1-3-7-17-12-13-5-6-14(11-15(13)16)18(8-4-2)9-10-19/h5-6,11,17,19H,3-4,7-10,12H2,1-2H3. The highest BCUT2D eigenvalue weighted by Crippen LogP contribution is 2.24. The van der Waals surface area contributed by atoms with Gasteiger partial charge in [-0.25, -0.2) is 0 Å². The molecule has 0 aromatic heterocycles. The maximum absolute atomic E-state index is 9.11. The monoisotopic (exact) mass is 284 g/mol. The summed E-state index contributed by atoms with van der Waals surface area (Å²) in [5.74, 6) is 0. The van der Waals surface area contributed by atoms with E-state index in [2.05, 4.69) is 36.2 Å². The molecule has 0 unspecified atom stereocenters. The molecular formula is C15H25ClN2O. The minimum Gasteiger partial charge on any atom is -0.395 e. The number of anilines is 1. The first kappa shape index (κ1) is 16.3.